The van der Waals surface area contributed by atoms with Gasteiger partial charge in [0.25, 0.3) is 0 Å². The minimum Gasteiger partial charge on any atom is -0.393 e. The molecule has 44 heavy (non-hydrogen) atoms. The van der Waals surface area contributed by atoms with Crippen LogP contribution in [0.5, 0.6) is 0 Å². The molecule has 0 spiro atoms. The predicted molar refractivity (Wildman–Crippen MR) is 174 cm³/mol. The Morgan fingerprint density at radius 2 is 2.02 bits per heavy atom. The van der Waals surface area contributed by atoms with E-state index in [-0.39, 0.29) is 34.7 Å². The molecule has 7 atom stereocenters. The van der Waals surface area contributed by atoms with Gasteiger partial charge in [-0.25, -0.2) is 14.6 Å². The molecule has 7 nitrogen and oxygen atoms in total. The molecule has 3 heterocycles. The van der Waals surface area contributed by atoms with E-state index in [9.17, 15) is 15.0 Å². The maximum atomic E-state index is 13.8. The van der Waals surface area contributed by atoms with Crippen LogP contribution in [-0.2, 0) is 11.2 Å². The number of aromatic nitrogens is 4. The highest BCUT2D eigenvalue weighted by molar-refractivity contribution is 8.01. The molecule has 8 rings (SSSR count). The number of carbonyl (C=O) groups excluding carboxylic acids is 1. The van der Waals surface area contributed by atoms with Gasteiger partial charge in [-0.3, -0.25) is 4.79 Å². The number of hydrogen-bond acceptors (Lipinski definition) is 8. The number of aliphatic hydroxyl groups is 2. The van der Waals surface area contributed by atoms with Crippen LogP contribution in [0.2, 0.25) is 0 Å². The Bertz CT molecular complexity index is 1800. The van der Waals surface area contributed by atoms with Crippen molar-refractivity contribution in [3.8, 4) is 5.69 Å². The normalized spacial score (nSPS) is 34.2. The molecule has 0 saturated heterocycles. The number of pyridine rings is 1. The second-order valence-corrected chi connectivity index (χ2v) is 16.2. The lowest BCUT2D eigenvalue weighted by Gasteiger charge is -2.60. The van der Waals surface area contributed by atoms with Crippen LogP contribution in [0.25, 0.3) is 22.1 Å². The Hall–Kier alpha value is -2.85. The molecule has 9 heteroatoms. The molecule has 3 fully saturated rings. The topological polar surface area (TPSA) is 101 Å². The number of aryl methyl sites for hydroxylation is 1. The number of Topliss-reactive ketones (excluding diaryl/α,β-unsaturated/α-hetero) is 1. The van der Waals surface area contributed by atoms with Gasteiger partial charge in [0.1, 0.15) is 15.9 Å². The first-order valence-corrected chi connectivity index (χ1v) is 17.5. The van der Waals surface area contributed by atoms with Crippen molar-refractivity contribution in [3.05, 3.63) is 71.2 Å². The highest BCUT2D eigenvalue weighted by Gasteiger charge is 2.68. The fourth-order valence-electron chi connectivity index (χ4n) is 9.70. The van der Waals surface area contributed by atoms with Crippen LogP contribution >= 0.6 is 23.1 Å². The monoisotopic (exact) mass is 626 g/mol. The number of nitrogens with zero attached hydrogens (tertiary/aromatic N) is 4. The van der Waals surface area contributed by atoms with Crippen molar-refractivity contribution in [1.82, 2.24) is 19.7 Å². The smallest absolute Gasteiger partial charge is 0.175 e. The molecule has 1 aromatic carbocycles. The summed E-state index contributed by atoms with van der Waals surface area (Å²) in [4.78, 5) is 23.7. The summed E-state index contributed by atoms with van der Waals surface area (Å²) in [7, 11) is 0. The first-order chi connectivity index (χ1) is 21.1. The number of carbonyl (C=O) groups is 1. The van der Waals surface area contributed by atoms with E-state index in [2.05, 4.69) is 65.8 Å². The molecule has 0 aliphatic heterocycles. The SMILES string of the molecule is Cc1ccccc1-n1ncc2c1C=C1CCC3C(C(O)CC4(C)C3CC[C@]4(O)C(=O)CSc3nc4cccnc4s3)C1(C)C2. The summed E-state index contributed by atoms with van der Waals surface area (Å²) in [6.07, 6.45) is 9.99. The van der Waals surface area contributed by atoms with Gasteiger partial charge in [-0.05, 0) is 104 Å². The Balaban J connectivity index is 1.06. The molecule has 0 radical (unpaired) electrons. The molecule has 0 bridgehead atoms. The largest absolute Gasteiger partial charge is 0.393 e. The number of rotatable bonds is 5. The van der Waals surface area contributed by atoms with E-state index >= 15 is 0 Å². The van der Waals surface area contributed by atoms with Crippen molar-refractivity contribution in [2.45, 2.75) is 75.3 Å². The minimum absolute atomic E-state index is 0.0811. The maximum absolute atomic E-state index is 13.8. The Morgan fingerprint density at radius 1 is 1.18 bits per heavy atom. The van der Waals surface area contributed by atoms with Crippen LogP contribution in [0.15, 0.2) is 58.7 Å². The number of thiazole rings is 1. The lowest BCUT2D eigenvalue weighted by Crippen LogP contribution is -2.62. The average molecular weight is 627 g/mol. The van der Waals surface area contributed by atoms with Crippen LogP contribution in [-0.4, -0.2) is 53.2 Å². The van der Waals surface area contributed by atoms with Gasteiger partial charge < -0.3 is 10.2 Å². The number of aliphatic hydroxyl groups excluding tert-OH is 1. The Morgan fingerprint density at radius 3 is 2.84 bits per heavy atom. The van der Waals surface area contributed by atoms with E-state index in [1.807, 2.05) is 18.3 Å². The second kappa shape index (κ2) is 10.1. The van der Waals surface area contributed by atoms with Crippen molar-refractivity contribution < 1.29 is 15.0 Å². The molecular weight excluding hydrogens is 589 g/mol. The zero-order valence-electron chi connectivity index (χ0n) is 25.4. The van der Waals surface area contributed by atoms with Crippen LogP contribution in [0.4, 0.5) is 0 Å². The number of thioether (sulfide) groups is 1. The van der Waals surface area contributed by atoms with E-state index in [4.69, 9.17) is 5.10 Å². The van der Waals surface area contributed by atoms with E-state index in [0.717, 1.165) is 51.8 Å². The fourth-order valence-corrected chi connectivity index (χ4v) is 11.6. The zero-order valence-corrected chi connectivity index (χ0v) is 27.0. The summed E-state index contributed by atoms with van der Waals surface area (Å²) in [5, 5.41) is 29.0. The average Bonchev–Trinajstić information content (AvgIpc) is 3.68. The lowest BCUT2D eigenvalue weighted by molar-refractivity contribution is -0.177. The van der Waals surface area contributed by atoms with E-state index in [0.29, 0.717) is 12.8 Å². The van der Waals surface area contributed by atoms with Crippen molar-refractivity contribution in [3.63, 3.8) is 0 Å². The third-order valence-corrected chi connectivity index (χ3v) is 14.0. The van der Waals surface area contributed by atoms with Crippen LogP contribution in [0.3, 0.4) is 0 Å². The Labute approximate surface area is 265 Å². The second-order valence-electron chi connectivity index (χ2n) is 14.0. The number of para-hydroxylation sites is 1. The maximum Gasteiger partial charge on any atom is 0.175 e. The number of ketones is 1. The standard InChI is InChI=1S/C35H38N4O3S2/c1-20-7-4-5-9-26(20)39-27-15-22-10-11-23-24-12-13-35(42,29(41)19-43-32-38-25-8-6-14-36-31(25)44-32)34(24,3)17-28(40)30(23)33(22,2)16-21(27)18-37-39/h4-9,14-15,18,23-24,28,30,40,42H,10-13,16-17,19H2,1-3H3/t23?,24?,28?,30?,33?,34?,35-/m0/s1. The first kappa shape index (κ1) is 28.6. The van der Waals surface area contributed by atoms with Crippen molar-refractivity contribution in [2.75, 3.05) is 5.75 Å². The fraction of sp³-hybridized carbons (Fsp3) is 0.486. The summed E-state index contributed by atoms with van der Waals surface area (Å²) in [5.74, 6) is 0.553. The summed E-state index contributed by atoms with van der Waals surface area (Å²) >= 11 is 2.87. The van der Waals surface area contributed by atoms with Gasteiger partial charge in [-0.1, -0.05) is 60.7 Å². The molecule has 3 saturated carbocycles. The van der Waals surface area contributed by atoms with Gasteiger partial charge in [0.15, 0.2) is 10.1 Å². The lowest BCUT2D eigenvalue weighted by atomic mass is 9.45. The van der Waals surface area contributed by atoms with Crippen molar-refractivity contribution in [2.24, 2.45) is 28.6 Å². The van der Waals surface area contributed by atoms with E-state index < -0.39 is 17.1 Å². The molecule has 0 amide bonds. The highest BCUT2D eigenvalue weighted by Crippen LogP contribution is 2.67. The van der Waals surface area contributed by atoms with Gasteiger partial charge in [-0.15, -0.1) is 0 Å². The summed E-state index contributed by atoms with van der Waals surface area (Å²) < 4.78 is 2.87. The number of hydrogen-bond donors (Lipinski definition) is 2. The Kier molecular flexibility index (Phi) is 6.55. The predicted octanol–water partition coefficient (Wildman–Crippen LogP) is 6.43. The van der Waals surface area contributed by atoms with Crippen molar-refractivity contribution in [1.29, 1.82) is 0 Å². The molecule has 4 aliphatic carbocycles. The van der Waals surface area contributed by atoms with Crippen molar-refractivity contribution >= 4 is 45.3 Å². The number of benzene rings is 1. The van der Waals surface area contributed by atoms with Gasteiger partial charge in [-0.2, -0.15) is 5.10 Å². The molecule has 4 aliphatic rings. The van der Waals surface area contributed by atoms with Crippen LogP contribution < -0.4 is 0 Å². The molecule has 3 aromatic heterocycles. The van der Waals surface area contributed by atoms with Crippen LogP contribution in [0.1, 0.15) is 62.8 Å². The van der Waals surface area contributed by atoms with E-state index in [1.165, 1.54) is 39.8 Å². The molecule has 4 aromatic rings. The number of allylic oxidation sites excluding steroid dienone is 1. The zero-order chi connectivity index (χ0) is 30.4. The summed E-state index contributed by atoms with van der Waals surface area (Å²) in [6.45, 7) is 6.54. The first-order valence-electron chi connectivity index (χ1n) is 15.7. The quantitative estimate of drug-likeness (QED) is 0.246. The highest BCUT2D eigenvalue weighted by atomic mass is 32.2. The van der Waals surface area contributed by atoms with E-state index in [1.54, 1.807) is 6.20 Å². The summed E-state index contributed by atoms with van der Waals surface area (Å²) in [5.41, 5.74) is 4.61. The molecule has 2 N–H and O–H groups in total. The van der Waals surface area contributed by atoms with Gasteiger partial charge >= 0.3 is 0 Å². The van der Waals surface area contributed by atoms with Crippen LogP contribution in [0, 0.1) is 35.5 Å². The molecular formula is C35H38N4O3S2. The third kappa shape index (κ3) is 4.01. The van der Waals surface area contributed by atoms with Gasteiger partial charge in [0.2, 0.25) is 0 Å². The molecule has 6 unspecified atom stereocenters. The molecule has 228 valence electrons. The number of fused-ring (bicyclic) bond motifs is 7. The third-order valence-electron chi connectivity index (χ3n) is 11.9. The summed E-state index contributed by atoms with van der Waals surface area (Å²) in [6, 6.07) is 12.1. The van der Waals surface area contributed by atoms with Gasteiger partial charge in [0, 0.05) is 11.6 Å². The minimum atomic E-state index is -1.45. The van der Waals surface area contributed by atoms with Gasteiger partial charge in [0.05, 0.1) is 29.4 Å².